The number of rotatable bonds is 3. The van der Waals surface area contributed by atoms with E-state index in [4.69, 9.17) is 5.11 Å². The molecule has 2 aromatic rings. The molecule has 0 aliphatic carbocycles. The van der Waals surface area contributed by atoms with Crippen molar-refractivity contribution < 1.29 is 14.3 Å². The zero-order chi connectivity index (χ0) is 13.0. The molecule has 2 rings (SSSR count). The number of nitrogens with one attached hydrogen (secondary N) is 1. The fourth-order valence-electron chi connectivity index (χ4n) is 1.41. The van der Waals surface area contributed by atoms with Crippen molar-refractivity contribution in [1.29, 1.82) is 0 Å². The summed E-state index contributed by atoms with van der Waals surface area (Å²) in [6.45, 7) is -0.106. The molecule has 4 nitrogen and oxygen atoms in total. The highest BCUT2D eigenvalue weighted by atomic mass is 19.1. The Balaban J connectivity index is 2.11. The molecule has 1 aromatic carbocycles. The largest absolute Gasteiger partial charge is 0.392 e. The van der Waals surface area contributed by atoms with Crippen LogP contribution in [0.1, 0.15) is 15.9 Å². The molecule has 0 radical (unpaired) electrons. The number of hydrogen-bond acceptors (Lipinski definition) is 3. The molecule has 18 heavy (non-hydrogen) atoms. The van der Waals surface area contributed by atoms with Crippen LogP contribution in [0.2, 0.25) is 0 Å². The van der Waals surface area contributed by atoms with Gasteiger partial charge in [0.15, 0.2) is 0 Å². The van der Waals surface area contributed by atoms with Gasteiger partial charge in [-0.3, -0.25) is 4.79 Å². The lowest BCUT2D eigenvalue weighted by molar-refractivity contribution is 0.102. The number of aliphatic hydroxyl groups excluding tert-OH is 1. The molecular formula is C13H11FN2O2. The molecule has 0 bridgehead atoms. The van der Waals surface area contributed by atoms with Gasteiger partial charge in [-0.1, -0.05) is 12.1 Å². The van der Waals surface area contributed by atoms with Crippen LogP contribution in [0.25, 0.3) is 0 Å². The van der Waals surface area contributed by atoms with E-state index in [1.54, 1.807) is 12.1 Å². The van der Waals surface area contributed by atoms with Crippen LogP contribution in [0.5, 0.6) is 0 Å². The van der Waals surface area contributed by atoms with Gasteiger partial charge >= 0.3 is 0 Å². The van der Waals surface area contributed by atoms with Gasteiger partial charge in [-0.2, -0.15) is 0 Å². The number of aromatic nitrogens is 1. The smallest absolute Gasteiger partial charge is 0.256 e. The molecule has 0 aliphatic heterocycles. The standard InChI is InChI=1S/C13H11FN2O2/c14-11-3-1-2-10(6-11)13(18)16-12-5-4-9(8-17)7-15-12/h1-7,17H,8H2,(H,15,16,18). The number of anilines is 1. The predicted octanol–water partition coefficient (Wildman–Crippen LogP) is 1.97. The fraction of sp³-hybridized carbons (Fsp3) is 0.0769. The minimum Gasteiger partial charge on any atom is -0.392 e. The second-order valence-corrected chi connectivity index (χ2v) is 3.67. The lowest BCUT2D eigenvalue weighted by Crippen LogP contribution is -2.13. The summed E-state index contributed by atoms with van der Waals surface area (Å²) >= 11 is 0. The van der Waals surface area contributed by atoms with Crippen LogP contribution in [-0.2, 0) is 6.61 Å². The molecule has 0 spiro atoms. The third-order valence-electron chi connectivity index (χ3n) is 2.34. The molecule has 1 aromatic heterocycles. The third-order valence-corrected chi connectivity index (χ3v) is 2.34. The molecule has 92 valence electrons. The third kappa shape index (κ3) is 2.89. The Bertz CT molecular complexity index is 555. The van der Waals surface area contributed by atoms with Crippen molar-refractivity contribution in [2.75, 3.05) is 5.32 Å². The predicted molar refractivity (Wildman–Crippen MR) is 64.5 cm³/mol. The van der Waals surface area contributed by atoms with Crippen molar-refractivity contribution in [2.24, 2.45) is 0 Å². The summed E-state index contributed by atoms with van der Waals surface area (Å²) in [5, 5.41) is 11.4. The van der Waals surface area contributed by atoms with Crippen molar-refractivity contribution in [1.82, 2.24) is 4.98 Å². The molecule has 1 heterocycles. The highest BCUT2D eigenvalue weighted by Gasteiger charge is 2.07. The second-order valence-electron chi connectivity index (χ2n) is 3.67. The summed E-state index contributed by atoms with van der Waals surface area (Å²) in [6, 6.07) is 8.62. The van der Waals surface area contributed by atoms with Crippen LogP contribution in [0.15, 0.2) is 42.6 Å². The van der Waals surface area contributed by atoms with Gasteiger partial charge in [0.05, 0.1) is 6.61 Å². The minimum atomic E-state index is -0.466. The zero-order valence-electron chi connectivity index (χ0n) is 9.43. The normalized spacial score (nSPS) is 10.1. The Kier molecular flexibility index (Phi) is 3.64. The van der Waals surface area contributed by atoms with E-state index in [-0.39, 0.29) is 12.2 Å². The Morgan fingerprint density at radius 2 is 2.17 bits per heavy atom. The first-order chi connectivity index (χ1) is 8.69. The summed E-state index contributed by atoms with van der Waals surface area (Å²) < 4.78 is 12.9. The Morgan fingerprint density at radius 3 is 2.78 bits per heavy atom. The van der Waals surface area contributed by atoms with Crippen LogP contribution in [0.3, 0.4) is 0 Å². The lowest BCUT2D eigenvalue weighted by atomic mass is 10.2. The van der Waals surface area contributed by atoms with Gasteiger partial charge in [0.25, 0.3) is 5.91 Å². The summed E-state index contributed by atoms with van der Waals surface area (Å²) in [7, 11) is 0. The second kappa shape index (κ2) is 5.37. The SMILES string of the molecule is O=C(Nc1ccc(CO)cn1)c1cccc(F)c1. The highest BCUT2D eigenvalue weighted by Crippen LogP contribution is 2.09. The van der Waals surface area contributed by atoms with E-state index >= 15 is 0 Å². The van der Waals surface area contributed by atoms with Gasteiger partial charge in [0.1, 0.15) is 11.6 Å². The summed E-state index contributed by atoms with van der Waals surface area (Å²) in [6.07, 6.45) is 1.46. The van der Waals surface area contributed by atoms with Crippen molar-refractivity contribution in [3.63, 3.8) is 0 Å². The molecule has 1 amide bonds. The van der Waals surface area contributed by atoms with Gasteiger partial charge in [-0.15, -0.1) is 0 Å². The van der Waals surface area contributed by atoms with E-state index in [9.17, 15) is 9.18 Å². The first-order valence-electron chi connectivity index (χ1n) is 5.32. The summed E-state index contributed by atoms with van der Waals surface area (Å²) in [4.78, 5) is 15.7. The number of pyridine rings is 1. The van der Waals surface area contributed by atoms with Gasteiger partial charge in [0, 0.05) is 11.8 Å². The number of hydrogen-bond donors (Lipinski definition) is 2. The van der Waals surface area contributed by atoms with E-state index in [0.717, 1.165) is 6.07 Å². The number of halogens is 1. The first-order valence-corrected chi connectivity index (χ1v) is 5.32. The quantitative estimate of drug-likeness (QED) is 0.870. The molecule has 0 saturated heterocycles. The van der Waals surface area contributed by atoms with E-state index in [1.165, 1.54) is 24.4 Å². The molecule has 0 aliphatic rings. The number of carbonyl (C=O) groups excluding carboxylic acids is 1. The topological polar surface area (TPSA) is 62.2 Å². The molecule has 5 heteroatoms. The monoisotopic (exact) mass is 246 g/mol. The zero-order valence-corrected chi connectivity index (χ0v) is 9.43. The average molecular weight is 246 g/mol. The first kappa shape index (κ1) is 12.2. The van der Waals surface area contributed by atoms with Crippen molar-refractivity contribution in [3.8, 4) is 0 Å². The number of benzene rings is 1. The van der Waals surface area contributed by atoms with E-state index in [0.29, 0.717) is 11.4 Å². The maximum atomic E-state index is 12.9. The molecular weight excluding hydrogens is 235 g/mol. The molecule has 0 saturated carbocycles. The Morgan fingerprint density at radius 1 is 1.33 bits per heavy atom. The van der Waals surface area contributed by atoms with Gasteiger partial charge in [-0.25, -0.2) is 9.37 Å². The maximum Gasteiger partial charge on any atom is 0.256 e. The van der Waals surface area contributed by atoms with Crippen LogP contribution >= 0.6 is 0 Å². The van der Waals surface area contributed by atoms with Gasteiger partial charge in [0.2, 0.25) is 0 Å². The average Bonchev–Trinajstić information content (AvgIpc) is 2.39. The van der Waals surface area contributed by atoms with Crippen molar-refractivity contribution in [2.45, 2.75) is 6.61 Å². The van der Waals surface area contributed by atoms with E-state index in [1.807, 2.05) is 0 Å². The van der Waals surface area contributed by atoms with Crippen LogP contribution in [0, 0.1) is 5.82 Å². The van der Waals surface area contributed by atoms with E-state index in [2.05, 4.69) is 10.3 Å². The lowest BCUT2D eigenvalue weighted by Gasteiger charge is -2.05. The number of amides is 1. The van der Waals surface area contributed by atoms with Crippen molar-refractivity contribution in [3.05, 3.63) is 59.5 Å². The summed E-state index contributed by atoms with van der Waals surface area (Å²) in [5.41, 5.74) is 0.877. The van der Waals surface area contributed by atoms with Gasteiger partial charge < -0.3 is 10.4 Å². The highest BCUT2D eigenvalue weighted by molar-refractivity contribution is 6.03. The Labute approximate surface area is 103 Å². The van der Waals surface area contributed by atoms with Crippen LogP contribution in [0.4, 0.5) is 10.2 Å². The number of nitrogens with zero attached hydrogens (tertiary/aromatic N) is 1. The van der Waals surface area contributed by atoms with Gasteiger partial charge in [-0.05, 0) is 29.8 Å². The molecule has 0 fully saturated rings. The number of carbonyl (C=O) groups is 1. The van der Waals surface area contributed by atoms with Crippen LogP contribution in [-0.4, -0.2) is 16.0 Å². The summed E-state index contributed by atoms with van der Waals surface area (Å²) in [5.74, 6) is -0.550. The minimum absolute atomic E-state index is 0.106. The van der Waals surface area contributed by atoms with E-state index < -0.39 is 11.7 Å². The fourth-order valence-corrected chi connectivity index (χ4v) is 1.41. The van der Waals surface area contributed by atoms with Crippen molar-refractivity contribution >= 4 is 11.7 Å². The maximum absolute atomic E-state index is 12.9. The van der Waals surface area contributed by atoms with Crippen LogP contribution < -0.4 is 5.32 Å². The molecule has 0 atom stereocenters. The number of aliphatic hydroxyl groups is 1. The Hall–Kier alpha value is -2.27. The molecule has 2 N–H and O–H groups in total. The molecule has 0 unspecified atom stereocenters.